The fourth-order valence-corrected chi connectivity index (χ4v) is 3.25. The normalized spacial score (nSPS) is 16.5. The molecule has 0 saturated heterocycles. The van der Waals surface area contributed by atoms with Crippen LogP contribution in [0.2, 0.25) is 0 Å². The monoisotopic (exact) mass is 414 g/mol. The summed E-state index contributed by atoms with van der Waals surface area (Å²) >= 11 is 0. The van der Waals surface area contributed by atoms with E-state index in [2.05, 4.69) is 4.98 Å². The zero-order valence-electron chi connectivity index (χ0n) is 17.2. The Morgan fingerprint density at radius 2 is 2.10 bits per heavy atom. The van der Waals surface area contributed by atoms with Crippen molar-refractivity contribution < 1.29 is 28.8 Å². The molecule has 1 amide bonds. The van der Waals surface area contributed by atoms with Gasteiger partial charge in [0.1, 0.15) is 17.9 Å². The highest BCUT2D eigenvalue weighted by atomic mass is 16.5. The number of carbonyl (C=O) groups excluding carboxylic acids is 1. The maximum Gasteiger partial charge on any atom is 0.266 e. The summed E-state index contributed by atoms with van der Waals surface area (Å²) in [5, 5.41) is 10.0. The van der Waals surface area contributed by atoms with E-state index in [1.807, 2.05) is 6.92 Å². The number of amides is 1. The van der Waals surface area contributed by atoms with Gasteiger partial charge < -0.3 is 24.1 Å². The van der Waals surface area contributed by atoms with Gasteiger partial charge in [0.2, 0.25) is 5.88 Å². The summed E-state index contributed by atoms with van der Waals surface area (Å²) in [7, 11) is 1.54. The molecule has 1 aromatic heterocycles. The van der Waals surface area contributed by atoms with Gasteiger partial charge in [0, 0.05) is 18.3 Å². The third-order valence-corrected chi connectivity index (χ3v) is 5.15. The summed E-state index contributed by atoms with van der Waals surface area (Å²) < 4.78 is 22.4. The Balaban J connectivity index is 1.49. The van der Waals surface area contributed by atoms with E-state index >= 15 is 0 Å². The van der Waals surface area contributed by atoms with Crippen LogP contribution < -0.4 is 23.8 Å². The molecule has 1 atom stereocenters. The number of aliphatic hydroxyl groups is 1. The van der Waals surface area contributed by atoms with E-state index < -0.39 is 6.10 Å². The summed E-state index contributed by atoms with van der Waals surface area (Å²) in [5.41, 5.74) is 0.987. The molecule has 30 heavy (non-hydrogen) atoms. The molecule has 1 N–H and O–H groups in total. The van der Waals surface area contributed by atoms with Gasteiger partial charge in [-0.3, -0.25) is 9.69 Å². The van der Waals surface area contributed by atoms with Crippen LogP contribution in [0.15, 0.2) is 30.5 Å². The number of anilines is 1. The Labute approximate surface area is 175 Å². The molecule has 1 aliphatic heterocycles. The van der Waals surface area contributed by atoms with Crippen molar-refractivity contribution in [3.8, 4) is 23.1 Å². The molecule has 1 aliphatic carbocycles. The number of aliphatic hydroxyl groups excluding tert-OH is 1. The van der Waals surface area contributed by atoms with E-state index in [4.69, 9.17) is 18.9 Å². The average Bonchev–Trinajstić information content (AvgIpc) is 3.62. The number of rotatable bonds is 9. The van der Waals surface area contributed by atoms with Gasteiger partial charge >= 0.3 is 0 Å². The molecular formula is C22H26N2O6. The van der Waals surface area contributed by atoms with Crippen molar-refractivity contribution in [3.05, 3.63) is 36.0 Å². The first-order valence-corrected chi connectivity index (χ1v) is 10.2. The predicted octanol–water partition coefficient (Wildman–Crippen LogP) is 3.03. The molecule has 8 heteroatoms. The minimum Gasteiger partial charge on any atom is -0.493 e. The fraction of sp³-hybridized carbons (Fsp3) is 0.455. The number of carbonyl (C=O) groups is 1. The molecule has 1 saturated carbocycles. The predicted molar refractivity (Wildman–Crippen MR) is 110 cm³/mol. The average molecular weight is 414 g/mol. The number of aromatic nitrogens is 1. The minimum absolute atomic E-state index is 0.0623. The van der Waals surface area contributed by atoms with Crippen LogP contribution in [0.4, 0.5) is 5.69 Å². The van der Waals surface area contributed by atoms with E-state index in [9.17, 15) is 9.90 Å². The van der Waals surface area contributed by atoms with Crippen LogP contribution in [-0.2, 0) is 0 Å². The lowest BCUT2D eigenvalue weighted by Gasteiger charge is -2.29. The molecule has 1 aromatic carbocycles. The number of benzene rings is 1. The second-order valence-corrected chi connectivity index (χ2v) is 7.42. The van der Waals surface area contributed by atoms with E-state index in [1.165, 1.54) is 18.2 Å². The molecule has 0 radical (unpaired) electrons. The molecule has 0 unspecified atom stereocenters. The third kappa shape index (κ3) is 4.28. The number of ether oxygens (including phenoxy) is 4. The van der Waals surface area contributed by atoms with Gasteiger partial charge in [0.05, 0.1) is 25.5 Å². The summed E-state index contributed by atoms with van der Waals surface area (Å²) in [6, 6.07) is 6.86. The molecule has 4 rings (SSSR count). The van der Waals surface area contributed by atoms with E-state index in [0.717, 1.165) is 19.3 Å². The standard InChI is InChI=1S/C22H26N2O6/c1-3-8-28-21-10-19-16(11-23-21)22(26)24(13-30-19)15-6-7-18(20(9-15)27-2)29-12-17(25)14-4-5-14/h6-7,9-11,14,17,25H,3-5,8,12-13H2,1-2H3/t17-/m0/s1. The molecule has 2 aromatic rings. The summed E-state index contributed by atoms with van der Waals surface area (Å²) in [5.74, 6) is 2.01. The van der Waals surface area contributed by atoms with Gasteiger partial charge in [-0.1, -0.05) is 6.92 Å². The van der Waals surface area contributed by atoms with Crippen LogP contribution in [0.3, 0.4) is 0 Å². The van der Waals surface area contributed by atoms with Crippen molar-refractivity contribution in [2.45, 2.75) is 32.3 Å². The first-order valence-electron chi connectivity index (χ1n) is 10.2. The number of nitrogens with zero attached hydrogens (tertiary/aromatic N) is 2. The molecule has 0 spiro atoms. The van der Waals surface area contributed by atoms with Crippen LogP contribution >= 0.6 is 0 Å². The first-order chi connectivity index (χ1) is 14.6. The molecule has 0 bridgehead atoms. The van der Waals surface area contributed by atoms with Gasteiger partial charge in [0.15, 0.2) is 18.2 Å². The molecule has 2 aliphatic rings. The van der Waals surface area contributed by atoms with Crippen molar-refractivity contribution in [2.75, 3.05) is 32.0 Å². The second-order valence-electron chi connectivity index (χ2n) is 7.42. The number of fused-ring (bicyclic) bond motifs is 1. The van der Waals surface area contributed by atoms with E-state index in [0.29, 0.717) is 46.9 Å². The maximum atomic E-state index is 13.0. The second kappa shape index (κ2) is 8.79. The smallest absolute Gasteiger partial charge is 0.266 e. The highest BCUT2D eigenvalue weighted by Gasteiger charge is 2.31. The minimum atomic E-state index is -0.471. The zero-order chi connectivity index (χ0) is 21.1. The van der Waals surface area contributed by atoms with Crippen molar-refractivity contribution in [1.29, 1.82) is 0 Å². The van der Waals surface area contributed by atoms with Gasteiger partial charge in [0.25, 0.3) is 5.91 Å². The van der Waals surface area contributed by atoms with Crippen molar-refractivity contribution >= 4 is 11.6 Å². The summed E-state index contributed by atoms with van der Waals surface area (Å²) in [6.07, 6.45) is 3.96. The topological polar surface area (TPSA) is 90.4 Å². The highest BCUT2D eigenvalue weighted by Crippen LogP contribution is 2.37. The molecule has 2 heterocycles. The zero-order valence-corrected chi connectivity index (χ0v) is 17.2. The largest absolute Gasteiger partial charge is 0.493 e. The molecular weight excluding hydrogens is 388 g/mol. The molecule has 160 valence electrons. The highest BCUT2D eigenvalue weighted by molar-refractivity contribution is 6.08. The van der Waals surface area contributed by atoms with E-state index in [-0.39, 0.29) is 19.2 Å². The van der Waals surface area contributed by atoms with Crippen molar-refractivity contribution in [2.24, 2.45) is 5.92 Å². The first kappa shape index (κ1) is 20.3. The quantitative estimate of drug-likeness (QED) is 0.674. The van der Waals surface area contributed by atoms with Gasteiger partial charge in [-0.05, 0) is 37.3 Å². The lowest BCUT2D eigenvalue weighted by Crippen LogP contribution is -2.38. The number of methoxy groups -OCH3 is 1. The van der Waals surface area contributed by atoms with Gasteiger partial charge in [-0.25, -0.2) is 4.98 Å². The number of pyridine rings is 1. The molecule has 1 fully saturated rings. The van der Waals surface area contributed by atoms with Crippen LogP contribution in [0.25, 0.3) is 0 Å². The Morgan fingerprint density at radius 3 is 2.83 bits per heavy atom. The summed E-state index contributed by atoms with van der Waals surface area (Å²) in [6.45, 7) is 2.84. The van der Waals surface area contributed by atoms with Crippen LogP contribution in [0.5, 0.6) is 23.1 Å². The van der Waals surface area contributed by atoms with Crippen LogP contribution in [0, 0.1) is 5.92 Å². The number of hydrogen-bond acceptors (Lipinski definition) is 7. The lowest BCUT2D eigenvalue weighted by molar-refractivity contribution is 0.0879. The van der Waals surface area contributed by atoms with Gasteiger partial charge in [-0.2, -0.15) is 0 Å². The Morgan fingerprint density at radius 1 is 1.27 bits per heavy atom. The molecule has 8 nitrogen and oxygen atoms in total. The Kier molecular flexibility index (Phi) is 5.94. The Bertz CT molecular complexity index is 914. The SMILES string of the molecule is CCCOc1cc2c(cn1)C(=O)N(c1ccc(OC[C@H](O)C3CC3)c(OC)c1)CO2. The van der Waals surface area contributed by atoms with Crippen LogP contribution in [-0.4, -0.2) is 49.2 Å². The maximum absolute atomic E-state index is 13.0. The lowest BCUT2D eigenvalue weighted by atomic mass is 10.1. The number of hydrogen-bond donors (Lipinski definition) is 1. The third-order valence-electron chi connectivity index (χ3n) is 5.15. The Hall–Kier alpha value is -3.00. The van der Waals surface area contributed by atoms with Crippen LogP contribution in [0.1, 0.15) is 36.5 Å². The van der Waals surface area contributed by atoms with E-state index in [1.54, 1.807) is 24.3 Å². The van der Waals surface area contributed by atoms with Crippen molar-refractivity contribution in [1.82, 2.24) is 4.98 Å². The fourth-order valence-electron chi connectivity index (χ4n) is 3.25. The summed E-state index contributed by atoms with van der Waals surface area (Å²) in [4.78, 5) is 18.7. The van der Waals surface area contributed by atoms with Crippen molar-refractivity contribution in [3.63, 3.8) is 0 Å². The van der Waals surface area contributed by atoms with Gasteiger partial charge in [-0.15, -0.1) is 0 Å².